The Labute approximate surface area is 147 Å². The Hall–Kier alpha value is -1.26. The van der Waals surface area contributed by atoms with Crippen molar-refractivity contribution in [3.63, 3.8) is 0 Å². The number of likely N-dealkylation sites (tertiary alicyclic amines) is 1. The van der Waals surface area contributed by atoms with E-state index in [2.05, 4.69) is 5.32 Å². The molecule has 0 unspecified atom stereocenters. The molecule has 1 aromatic rings. The number of hydrogen-bond acceptors (Lipinski definition) is 2. The van der Waals surface area contributed by atoms with Gasteiger partial charge in [0.05, 0.1) is 10.0 Å². The molecule has 2 rings (SSSR count). The van der Waals surface area contributed by atoms with E-state index < -0.39 is 6.04 Å². The van der Waals surface area contributed by atoms with Crippen LogP contribution in [-0.2, 0) is 4.79 Å². The Bertz CT molecular complexity index is 584. The van der Waals surface area contributed by atoms with E-state index in [-0.39, 0.29) is 11.8 Å². The molecule has 1 saturated heterocycles. The molecule has 0 aromatic heterocycles. The predicted octanol–water partition coefficient (Wildman–Crippen LogP) is 3.76. The average Bonchev–Trinajstić information content (AvgIpc) is 3.02. The van der Waals surface area contributed by atoms with E-state index in [9.17, 15) is 9.59 Å². The van der Waals surface area contributed by atoms with Crippen LogP contribution < -0.4 is 5.32 Å². The third-order valence-electron chi connectivity index (χ3n) is 3.91. The summed E-state index contributed by atoms with van der Waals surface area (Å²) >= 11 is 11.8. The Kier molecular flexibility index (Phi) is 6.31. The number of rotatable bonds is 5. The van der Waals surface area contributed by atoms with E-state index >= 15 is 0 Å². The average molecular weight is 357 g/mol. The number of hydrogen-bond donors (Lipinski definition) is 1. The highest BCUT2D eigenvalue weighted by Crippen LogP contribution is 2.23. The van der Waals surface area contributed by atoms with Crippen molar-refractivity contribution >= 4 is 35.0 Å². The molecule has 1 heterocycles. The maximum absolute atomic E-state index is 12.6. The molecule has 126 valence electrons. The first kappa shape index (κ1) is 18.1. The number of carbonyl (C=O) groups is 2. The number of amides is 2. The molecule has 0 aliphatic carbocycles. The largest absolute Gasteiger partial charge is 0.341 e. The lowest BCUT2D eigenvalue weighted by Crippen LogP contribution is -2.48. The molecule has 4 nitrogen and oxygen atoms in total. The lowest BCUT2D eigenvalue weighted by atomic mass is 10.0. The molecule has 1 aromatic carbocycles. The summed E-state index contributed by atoms with van der Waals surface area (Å²) in [7, 11) is 0. The van der Waals surface area contributed by atoms with Gasteiger partial charge in [0.15, 0.2) is 0 Å². The smallest absolute Gasteiger partial charge is 0.251 e. The highest BCUT2D eigenvalue weighted by atomic mass is 35.5. The van der Waals surface area contributed by atoms with Crippen LogP contribution in [0.25, 0.3) is 0 Å². The van der Waals surface area contributed by atoms with Crippen molar-refractivity contribution in [2.75, 3.05) is 13.1 Å². The monoisotopic (exact) mass is 356 g/mol. The molecule has 0 saturated carbocycles. The third kappa shape index (κ3) is 4.85. The Balaban J connectivity index is 2.10. The molecule has 0 radical (unpaired) electrons. The summed E-state index contributed by atoms with van der Waals surface area (Å²) in [5.74, 6) is 0.00651. The van der Waals surface area contributed by atoms with Gasteiger partial charge >= 0.3 is 0 Å². The molecule has 0 spiro atoms. The van der Waals surface area contributed by atoms with Gasteiger partial charge in [-0.2, -0.15) is 0 Å². The number of halogens is 2. The second-order valence-corrected chi connectivity index (χ2v) is 7.13. The normalized spacial score (nSPS) is 15.8. The molecule has 6 heteroatoms. The molecule has 1 aliphatic rings. The Morgan fingerprint density at radius 2 is 1.83 bits per heavy atom. The van der Waals surface area contributed by atoms with Crippen LogP contribution in [0, 0.1) is 5.92 Å². The van der Waals surface area contributed by atoms with Crippen molar-refractivity contribution in [1.29, 1.82) is 0 Å². The van der Waals surface area contributed by atoms with Crippen LogP contribution >= 0.6 is 23.2 Å². The minimum Gasteiger partial charge on any atom is -0.341 e. The maximum atomic E-state index is 12.6. The van der Waals surface area contributed by atoms with E-state index in [0.29, 0.717) is 27.9 Å². The van der Waals surface area contributed by atoms with Gasteiger partial charge in [-0.3, -0.25) is 9.59 Å². The molecule has 2 amide bonds. The van der Waals surface area contributed by atoms with Crippen molar-refractivity contribution in [3.8, 4) is 0 Å². The highest BCUT2D eigenvalue weighted by molar-refractivity contribution is 6.42. The second-order valence-electron chi connectivity index (χ2n) is 6.32. The summed E-state index contributed by atoms with van der Waals surface area (Å²) < 4.78 is 0. The van der Waals surface area contributed by atoms with Crippen LogP contribution in [-0.4, -0.2) is 35.8 Å². The van der Waals surface area contributed by atoms with Gasteiger partial charge in [-0.05, 0) is 43.4 Å². The number of benzene rings is 1. The molecular weight excluding hydrogens is 335 g/mol. The fraction of sp³-hybridized carbons (Fsp3) is 0.529. The van der Waals surface area contributed by atoms with Crippen LogP contribution in [0.5, 0.6) is 0 Å². The zero-order valence-electron chi connectivity index (χ0n) is 13.4. The first-order valence-electron chi connectivity index (χ1n) is 7.93. The van der Waals surface area contributed by atoms with Crippen LogP contribution in [0.15, 0.2) is 18.2 Å². The van der Waals surface area contributed by atoms with Gasteiger partial charge in [0.25, 0.3) is 5.91 Å². The minimum atomic E-state index is -0.505. The van der Waals surface area contributed by atoms with Crippen LogP contribution in [0.2, 0.25) is 10.0 Å². The number of nitrogens with zero attached hydrogens (tertiary/aromatic N) is 1. The van der Waals surface area contributed by atoms with Crippen molar-refractivity contribution < 1.29 is 9.59 Å². The summed E-state index contributed by atoms with van der Waals surface area (Å²) in [5.41, 5.74) is 0.405. The Morgan fingerprint density at radius 3 is 2.39 bits per heavy atom. The van der Waals surface area contributed by atoms with Crippen molar-refractivity contribution in [2.24, 2.45) is 5.92 Å². The zero-order valence-corrected chi connectivity index (χ0v) is 15.0. The topological polar surface area (TPSA) is 49.4 Å². The maximum Gasteiger partial charge on any atom is 0.251 e. The van der Waals surface area contributed by atoms with Crippen molar-refractivity contribution in [3.05, 3.63) is 33.8 Å². The molecule has 1 fully saturated rings. The zero-order chi connectivity index (χ0) is 17.0. The first-order chi connectivity index (χ1) is 10.9. The lowest BCUT2D eigenvalue weighted by Gasteiger charge is -2.25. The number of carbonyl (C=O) groups excluding carboxylic acids is 2. The molecule has 1 aliphatic heterocycles. The summed E-state index contributed by atoms with van der Waals surface area (Å²) in [5, 5.41) is 3.58. The quantitative estimate of drug-likeness (QED) is 0.872. The standard InChI is InChI=1S/C17H22Cl2N2O2/c1-11(2)9-15(17(23)21-7-3-4-8-21)20-16(22)12-5-6-13(18)14(19)10-12/h5-6,10-11,15H,3-4,7-9H2,1-2H3,(H,20,22)/t15-/m0/s1. The summed E-state index contributed by atoms with van der Waals surface area (Å²) in [6, 6.07) is 4.20. The van der Waals surface area contributed by atoms with Crippen LogP contribution in [0.4, 0.5) is 0 Å². The number of nitrogens with one attached hydrogen (secondary N) is 1. The van der Waals surface area contributed by atoms with Gasteiger partial charge in [0.1, 0.15) is 6.04 Å². The van der Waals surface area contributed by atoms with E-state index in [1.807, 2.05) is 18.7 Å². The highest BCUT2D eigenvalue weighted by Gasteiger charge is 2.28. The SMILES string of the molecule is CC(C)C[C@H](NC(=O)c1ccc(Cl)c(Cl)c1)C(=O)N1CCCC1. The summed E-state index contributed by atoms with van der Waals surface area (Å²) in [6.45, 7) is 5.62. The van der Waals surface area contributed by atoms with Gasteiger partial charge in [0, 0.05) is 18.7 Å². The van der Waals surface area contributed by atoms with Gasteiger partial charge in [-0.25, -0.2) is 0 Å². The van der Waals surface area contributed by atoms with Gasteiger partial charge in [0.2, 0.25) is 5.91 Å². The molecular formula is C17H22Cl2N2O2. The van der Waals surface area contributed by atoms with Crippen LogP contribution in [0.1, 0.15) is 43.5 Å². The molecule has 1 atom stereocenters. The lowest BCUT2D eigenvalue weighted by molar-refractivity contribution is -0.132. The van der Waals surface area contributed by atoms with Crippen LogP contribution in [0.3, 0.4) is 0 Å². The summed E-state index contributed by atoms with van der Waals surface area (Å²) in [4.78, 5) is 26.9. The predicted molar refractivity (Wildman–Crippen MR) is 93.0 cm³/mol. The second kappa shape index (κ2) is 8.02. The van der Waals surface area contributed by atoms with Gasteiger partial charge < -0.3 is 10.2 Å². The summed E-state index contributed by atoms with van der Waals surface area (Å²) in [6.07, 6.45) is 2.67. The van der Waals surface area contributed by atoms with Crippen molar-refractivity contribution in [2.45, 2.75) is 39.2 Å². The molecule has 23 heavy (non-hydrogen) atoms. The fourth-order valence-electron chi connectivity index (χ4n) is 2.73. The van der Waals surface area contributed by atoms with Gasteiger partial charge in [-0.1, -0.05) is 37.0 Å². The first-order valence-corrected chi connectivity index (χ1v) is 8.68. The van der Waals surface area contributed by atoms with Crippen molar-refractivity contribution in [1.82, 2.24) is 10.2 Å². The minimum absolute atomic E-state index is 0.00427. The Morgan fingerprint density at radius 1 is 1.17 bits per heavy atom. The van der Waals surface area contributed by atoms with E-state index in [4.69, 9.17) is 23.2 Å². The molecule has 0 bridgehead atoms. The van der Waals surface area contributed by atoms with E-state index in [1.54, 1.807) is 12.1 Å². The molecule has 1 N–H and O–H groups in total. The fourth-order valence-corrected chi connectivity index (χ4v) is 3.03. The van der Waals surface area contributed by atoms with E-state index in [0.717, 1.165) is 25.9 Å². The van der Waals surface area contributed by atoms with Gasteiger partial charge in [-0.15, -0.1) is 0 Å². The third-order valence-corrected chi connectivity index (χ3v) is 4.65. The van der Waals surface area contributed by atoms with E-state index in [1.165, 1.54) is 6.07 Å².